The van der Waals surface area contributed by atoms with Gasteiger partial charge in [-0.2, -0.15) is 0 Å². The van der Waals surface area contributed by atoms with Crippen LogP contribution in [0.15, 0.2) is 30.4 Å². The molecule has 102 valence electrons. The first-order valence-corrected chi connectivity index (χ1v) is 7.00. The lowest BCUT2D eigenvalue weighted by molar-refractivity contribution is -0.123. The Morgan fingerprint density at radius 2 is 1.70 bits per heavy atom. The van der Waals surface area contributed by atoms with E-state index in [2.05, 4.69) is 0 Å². The fourth-order valence-corrected chi connectivity index (χ4v) is 3.98. The summed E-state index contributed by atoms with van der Waals surface area (Å²) in [7, 11) is 0. The lowest BCUT2D eigenvalue weighted by Gasteiger charge is -2.18. The molecule has 1 aromatic carbocycles. The van der Waals surface area contributed by atoms with Crippen molar-refractivity contribution < 1.29 is 14.7 Å². The fraction of sp³-hybridized carbons (Fsp3) is 0.333. The van der Waals surface area contributed by atoms with E-state index in [0.29, 0.717) is 5.02 Å². The van der Waals surface area contributed by atoms with Gasteiger partial charge < -0.3 is 5.11 Å². The Hall–Kier alpha value is -1.81. The molecule has 0 aromatic heterocycles. The van der Waals surface area contributed by atoms with Crippen LogP contribution in [-0.4, -0.2) is 16.9 Å². The first-order chi connectivity index (χ1) is 9.58. The van der Waals surface area contributed by atoms with Crippen LogP contribution in [0.3, 0.4) is 0 Å². The lowest BCUT2D eigenvalue weighted by Crippen LogP contribution is -2.32. The Labute approximate surface area is 120 Å². The van der Waals surface area contributed by atoms with Crippen molar-refractivity contribution in [1.82, 2.24) is 0 Å². The van der Waals surface area contributed by atoms with Gasteiger partial charge in [0.15, 0.2) is 0 Å². The van der Waals surface area contributed by atoms with Crippen molar-refractivity contribution in [2.24, 2.45) is 23.7 Å². The summed E-state index contributed by atoms with van der Waals surface area (Å²) in [5.74, 6) is -0.743. The van der Waals surface area contributed by atoms with Gasteiger partial charge in [0.25, 0.3) is 0 Å². The topological polar surface area (TPSA) is 57.6 Å². The van der Waals surface area contributed by atoms with Crippen LogP contribution in [-0.2, 0) is 9.59 Å². The summed E-state index contributed by atoms with van der Waals surface area (Å²) < 4.78 is 0. The van der Waals surface area contributed by atoms with Crippen molar-refractivity contribution in [1.29, 1.82) is 0 Å². The molecular formula is C15H12ClNO3. The number of phenolic OH excluding ortho intramolecular Hbond substituents is 1. The van der Waals surface area contributed by atoms with E-state index in [-0.39, 0.29) is 46.9 Å². The van der Waals surface area contributed by atoms with Gasteiger partial charge in [0.05, 0.1) is 17.5 Å². The van der Waals surface area contributed by atoms with E-state index >= 15 is 0 Å². The first kappa shape index (κ1) is 12.0. The van der Waals surface area contributed by atoms with Crippen molar-refractivity contribution in [2.75, 3.05) is 4.90 Å². The average Bonchev–Trinajstić information content (AvgIpc) is 3.08. The third kappa shape index (κ3) is 1.37. The third-order valence-electron chi connectivity index (χ3n) is 4.65. The maximum Gasteiger partial charge on any atom is 0.238 e. The van der Waals surface area contributed by atoms with Crippen LogP contribution in [0.1, 0.15) is 6.42 Å². The molecule has 4 nitrogen and oxygen atoms in total. The zero-order chi connectivity index (χ0) is 14.0. The summed E-state index contributed by atoms with van der Waals surface area (Å²) in [6.45, 7) is 0. The summed E-state index contributed by atoms with van der Waals surface area (Å²) in [6, 6.07) is 4.39. The summed E-state index contributed by atoms with van der Waals surface area (Å²) in [4.78, 5) is 26.3. The lowest BCUT2D eigenvalue weighted by atomic mass is 9.85. The second-order valence-corrected chi connectivity index (χ2v) is 6.08. The van der Waals surface area contributed by atoms with Crippen LogP contribution in [0.4, 0.5) is 5.69 Å². The molecule has 4 atom stereocenters. The number of fused-ring (bicyclic) bond motifs is 5. The van der Waals surface area contributed by atoms with Crippen LogP contribution < -0.4 is 4.90 Å². The third-order valence-corrected chi connectivity index (χ3v) is 4.88. The molecule has 0 unspecified atom stereocenters. The zero-order valence-corrected chi connectivity index (χ0v) is 11.2. The summed E-state index contributed by atoms with van der Waals surface area (Å²) in [5.41, 5.74) is 0.196. The molecule has 0 spiro atoms. The number of halogens is 1. The number of phenols is 1. The van der Waals surface area contributed by atoms with Crippen LogP contribution in [0, 0.1) is 23.7 Å². The highest BCUT2D eigenvalue weighted by Gasteiger charge is 2.59. The Bertz CT molecular complexity index is 639. The van der Waals surface area contributed by atoms with E-state index in [0.717, 1.165) is 11.3 Å². The molecule has 0 radical (unpaired) electrons. The SMILES string of the molecule is O=C1[C@@H]2[C@@H](C(=O)N1c1cc(Cl)ccc1O)[C@H]1C=C[C@H]2C1. The van der Waals surface area contributed by atoms with Crippen molar-refractivity contribution in [3.63, 3.8) is 0 Å². The standard InChI is InChI=1S/C15H12ClNO3/c16-9-3-4-11(18)10(6-9)17-14(19)12-7-1-2-8(5-7)13(12)15(17)20/h1-4,6-8,12-13,18H,5H2/t7-,8-,12-,13-/m0/s1. The van der Waals surface area contributed by atoms with E-state index in [9.17, 15) is 14.7 Å². The number of aromatic hydroxyl groups is 1. The van der Waals surface area contributed by atoms with Gasteiger partial charge in [-0.1, -0.05) is 23.8 Å². The average molecular weight is 290 g/mol. The molecule has 1 aromatic rings. The van der Waals surface area contributed by atoms with Gasteiger partial charge >= 0.3 is 0 Å². The molecule has 1 saturated carbocycles. The number of imide groups is 1. The highest BCUT2D eigenvalue weighted by atomic mass is 35.5. The zero-order valence-electron chi connectivity index (χ0n) is 10.5. The Morgan fingerprint density at radius 1 is 1.10 bits per heavy atom. The van der Waals surface area contributed by atoms with Gasteiger partial charge in [0.2, 0.25) is 11.8 Å². The van der Waals surface area contributed by atoms with Gasteiger partial charge in [0, 0.05) is 5.02 Å². The minimum atomic E-state index is -0.268. The molecule has 2 aliphatic carbocycles. The van der Waals surface area contributed by atoms with Gasteiger partial charge in [-0.3, -0.25) is 9.59 Å². The van der Waals surface area contributed by atoms with E-state index in [1.807, 2.05) is 12.2 Å². The summed E-state index contributed by atoms with van der Waals surface area (Å²) >= 11 is 5.91. The van der Waals surface area contributed by atoms with Crippen molar-refractivity contribution >= 4 is 29.1 Å². The number of carbonyl (C=O) groups excluding carboxylic acids is 2. The maximum atomic E-state index is 12.6. The summed E-state index contributed by atoms with van der Waals surface area (Å²) in [5, 5.41) is 10.3. The largest absolute Gasteiger partial charge is 0.506 e. The number of rotatable bonds is 1. The first-order valence-electron chi connectivity index (χ1n) is 6.62. The molecule has 2 amide bonds. The van der Waals surface area contributed by atoms with Crippen molar-refractivity contribution in [3.05, 3.63) is 35.4 Å². The molecule has 4 rings (SSSR count). The van der Waals surface area contributed by atoms with Gasteiger partial charge in [-0.15, -0.1) is 0 Å². The van der Waals surface area contributed by atoms with Crippen LogP contribution >= 0.6 is 11.6 Å². The minimum absolute atomic E-state index is 0.101. The molecular weight excluding hydrogens is 278 g/mol. The second-order valence-electron chi connectivity index (χ2n) is 5.64. The van der Waals surface area contributed by atoms with E-state index < -0.39 is 0 Å². The highest BCUT2D eigenvalue weighted by Crippen LogP contribution is 2.53. The van der Waals surface area contributed by atoms with E-state index in [1.165, 1.54) is 18.2 Å². The molecule has 5 heteroatoms. The van der Waals surface area contributed by atoms with Gasteiger partial charge in [-0.05, 0) is 36.5 Å². The molecule has 2 bridgehead atoms. The minimum Gasteiger partial charge on any atom is -0.506 e. The fourth-order valence-electron chi connectivity index (χ4n) is 3.82. The number of benzene rings is 1. The van der Waals surface area contributed by atoms with Crippen LogP contribution in [0.2, 0.25) is 5.02 Å². The molecule has 1 N–H and O–H groups in total. The quantitative estimate of drug-likeness (QED) is 0.638. The summed E-state index contributed by atoms with van der Waals surface area (Å²) in [6.07, 6.45) is 4.97. The number of allylic oxidation sites excluding steroid dienone is 2. The van der Waals surface area contributed by atoms with Crippen molar-refractivity contribution in [2.45, 2.75) is 6.42 Å². The van der Waals surface area contributed by atoms with Crippen molar-refractivity contribution in [3.8, 4) is 5.75 Å². The molecule has 1 heterocycles. The van der Waals surface area contributed by atoms with E-state index in [1.54, 1.807) is 0 Å². The maximum absolute atomic E-state index is 12.6. The number of anilines is 1. The number of amides is 2. The normalized spacial score (nSPS) is 34.1. The van der Waals surface area contributed by atoms with E-state index in [4.69, 9.17) is 11.6 Å². The number of nitrogens with zero attached hydrogens (tertiary/aromatic N) is 1. The number of hydrogen-bond donors (Lipinski definition) is 1. The monoisotopic (exact) mass is 289 g/mol. The van der Waals surface area contributed by atoms with Gasteiger partial charge in [-0.25, -0.2) is 4.90 Å². The van der Waals surface area contributed by atoms with Crippen LogP contribution in [0.5, 0.6) is 5.75 Å². The number of carbonyl (C=O) groups is 2. The number of hydrogen-bond acceptors (Lipinski definition) is 3. The highest BCUT2D eigenvalue weighted by molar-refractivity contribution is 6.31. The predicted molar refractivity (Wildman–Crippen MR) is 73.3 cm³/mol. The Balaban J connectivity index is 1.80. The predicted octanol–water partition coefficient (Wildman–Crippen LogP) is 2.36. The molecule has 1 aliphatic heterocycles. The molecule has 20 heavy (non-hydrogen) atoms. The van der Waals surface area contributed by atoms with Gasteiger partial charge in [0.1, 0.15) is 5.75 Å². The second kappa shape index (κ2) is 3.85. The molecule has 3 aliphatic rings. The molecule has 2 fully saturated rings. The smallest absolute Gasteiger partial charge is 0.238 e. The molecule has 1 saturated heterocycles. The van der Waals surface area contributed by atoms with Crippen LogP contribution in [0.25, 0.3) is 0 Å². The Kier molecular flexibility index (Phi) is 2.31. The Morgan fingerprint density at radius 3 is 2.30 bits per heavy atom.